The highest BCUT2D eigenvalue weighted by atomic mass is 35.5. The van der Waals surface area contributed by atoms with E-state index in [0.717, 1.165) is 15.9 Å². The summed E-state index contributed by atoms with van der Waals surface area (Å²) >= 11 is 5.90. The average Bonchev–Trinajstić information content (AvgIpc) is 2.76. The van der Waals surface area contributed by atoms with Crippen molar-refractivity contribution in [2.24, 2.45) is 0 Å². The van der Waals surface area contributed by atoms with Crippen LogP contribution in [0.2, 0.25) is 5.02 Å². The Hall–Kier alpha value is -1.24. The molecule has 0 unspecified atom stereocenters. The van der Waals surface area contributed by atoms with E-state index in [2.05, 4.69) is 5.32 Å². The maximum absolute atomic E-state index is 11.3. The number of ether oxygens (including phenoxy) is 2. The minimum atomic E-state index is -0.119. The first-order valence-corrected chi connectivity index (χ1v) is 7.92. The fraction of sp³-hybridized carbons (Fsp3) is 0.250. The minimum Gasteiger partial charge on any atom is -0.493 e. The number of methoxy groups -OCH3 is 2. The Balaban J connectivity index is 2.20. The summed E-state index contributed by atoms with van der Waals surface area (Å²) < 4.78 is 10.5. The second-order valence-electron chi connectivity index (χ2n) is 3.60. The molecule has 0 aliphatic heterocycles. The molecular weight excluding hydrogens is 306 g/mol. The summed E-state index contributed by atoms with van der Waals surface area (Å²) in [7, 11) is 5.64. The van der Waals surface area contributed by atoms with Crippen LogP contribution in [0.15, 0.2) is 23.0 Å². The maximum atomic E-state index is 11.3. The van der Waals surface area contributed by atoms with Crippen molar-refractivity contribution in [2.75, 3.05) is 19.5 Å². The Morgan fingerprint density at radius 3 is 2.63 bits per heavy atom. The summed E-state index contributed by atoms with van der Waals surface area (Å²) in [5.74, 6) is 1.35. The molecule has 0 amide bonds. The van der Waals surface area contributed by atoms with Crippen molar-refractivity contribution < 1.29 is 9.47 Å². The Labute approximate surface area is 122 Å². The highest BCUT2D eigenvalue weighted by molar-refractivity contribution is 7.70. The third-order valence-electron chi connectivity index (χ3n) is 2.50. The van der Waals surface area contributed by atoms with Crippen LogP contribution >= 0.6 is 32.3 Å². The van der Waals surface area contributed by atoms with E-state index in [-0.39, 0.29) is 9.77 Å². The number of anilines is 1. The molecule has 7 heteroatoms. The highest BCUT2D eigenvalue weighted by Crippen LogP contribution is 2.33. The fourth-order valence-electron chi connectivity index (χ4n) is 1.62. The van der Waals surface area contributed by atoms with Gasteiger partial charge in [0.1, 0.15) is 10.0 Å². The molecule has 0 aliphatic carbocycles. The van der Waals surface area contributed by atoms with E-state index in [1.54, 1.807) is 14.2 Å². The summed E-state index contributed by atoms with van der Waals surface area (Å²) in [5.41, 5.74) is 0.934. The summed E-state index contributed by atoms with van der Waals surface area (Å²) in [6.07, 6.45) is 0. The Bertz CT molecular complexity index is 624. The Morgan fingerprint density at radius 2 is 2.05 bits per heavy atom. The predicted octanol–water partition coefficient (Wildman–Crippen LogP) is 3.45. The van der Waals surface area contributed by atoms with Crippen molar-refractivity contribution in [3.05, 3.63) is 38.3 Å². The molecule has 0 spiro atoms. The molecule has 102 valence electrons. The summed E-state index contributed by atoms with van der Waals surface area (Å²) in [5, 5.41) is 4.07. The topological polar surface area (TPSA) is 47.6 Å². The van der Waals surface area contributed by atoms with Crippen LogP contribution in [0.1, 0.15) is 5.56 Å². The van der Waals surface area contributed by atoms with Crippen LogP contribution in [0.5, 0.6) is 11.5 Å². The Morgan fingerprint density at radius 1 is 1.26 bits per heavy atom. The number of nitrogens with one attached hydrogen (secondary N) is 1. The van der Waals surface area contributed by atoms with E-state index in [1.165, 1.54) is 10.3 Å². The van der Waals surface area contributed by atoms with Gasteiger partial charge in [0.2, 0.25) is 0 Å². The molecule has 0 atom stereocenters. The van der Waals surface area contributed by atoms with Crippen LogP contribution in [0.3, 0.4) is 0 Å². The molecule has 2 aromatic rings. The van der Waals surface area contributed by atoms with Gasteiger partial charge in [0, 0.05) is 12.1 Å². The van der Waals surface area contributed by atoms with E-state index in [4.69, 9.17) is 21.1 Å². The lowest BCUT2D eigenvalue weighted by molar-refractivity contribution is 0.352. The molecular formula is C12H12ClNO3S2. The van der Waals surface area contributed by atoms with Gasteiger partial charge >= 0.3 is 0 Å². The molecule has 0 saturated heterocycles. The normalized spacial score (nSPS) is 10.3. The molecule has 2 rings (SSSR count). The lowest BCUT2D eigenvalue weighted by Gasteiger charge is -2.13. The molecule has 0 aliphatic rings. The standard InChI is InChI=1S/C12H12ClNO3S2/c1-16-8-5-3-4-7(10(8)17-2)6-14-11-9(13)12(15)19-18-11/h3-5,14H,6H2,1-2H3. The van der Waals surface area contributed by atoms with Crippen molar-refractivity contribution in [1.29, 1.82) is 0 Å². The van der Waals surface area contributed by atoms with E-state index in [0.29, 0.717) is 23.0 Å². The number of para-hydroxylation sites is 1. The monoisotopic (exact) mass is 317 g/mol. The van der Waals surface area contributed by atoms with Crippen molar-refractivity contribution in [2.45, 2.75) is 6.54 Å². The van der Waals surface area contributed by atoms with E-state index in [1.807, 2.05) is 18.2 Å². The number of hydrogen-bond acceptors (Lipinski definition) is 6. The largest absolute Gasteiger partial charge is 0.493 e. The smallest absolute Gasteiger partial charge is 0.263 e. The predicted molar refractivity (Wildman–Crippen MR) is 80.3 cm³/mol. The zero-order valence-corrected chi connectivity index (χ0v) is 12.7. The van der Waals surface area contributed by atoms with Crippen LogP contribution in [-0.2, 0) is 6.54 Å². The third kappa shape index (κ3) is 3.02. The Kier molecular flexibility index (Phi) is 4.68. The molecule has 0 saturated carbocycles. The minimum absolute atomic E-state index is 0.119. The van der Waals surface area contributed by atoms with Crippen molar-refractivity contribution in [3.8, 4) is 11.5 Å². The van der Waals surface area contributed by atoms with Gasteiger partial charge in [-0.05, 0) is 16.4 Å². The lowest BCUT2D eigenvalue weighted by atomic mass is 10.2. The van der Waals surface area contributed by atoms with E-state index in [9.17, 15) is 4.79 Å². The molecule has 0 bridgehead atoms. The number of rotatable bonds is 5. The molecule has 1 aromatic heterocycles. The lowest BCUT2D eigenvalue weighted by Crippen LogP contribution is -2.03. The van der Waals surface area contributed by atoms with Gasteiger partial charge in [-0.15, -0.1) is 0 Å². The van der Waals surface area contributed by atoms with Crippen LogP contribution in [-0.4, -0.2) is 14.2 Å². The highest BCUT2D eigenvalue weighted by Gasteiger charge is 2.11. The number of benzene rings is 1. The molecule has 1 aromatic carbocycles. The third-order valence-corrected chi connectivity index (χ3v) is 5.25. The zero-order valence-electron chi connectivity index (χ0n) is 10.4. The SMILES string of the molecule is COc1cccc(CNc2ssc(=O)c2Cl)c1OC. The van der Waals surface area contributed by atoms with Gasteiger partial charge in [0.05, 0.1) is 14.2 Å². The van der Waals surface area contributed by atoms with Crippen molar-refractivity contribution in [1.82, 2.24) is 0 Å². The van der Waals surface area contributed by atoms with Crippen LogP contribution in [0.25, 0.3) is 0 Å². The van der Waals surface area contributed by atoms with Gasteiger partial charge in [-0.25, -0.2) is 0 Å². The second kappa shape index (κ2) is 6.27. The number of halogens is 1. The second-order valence-corrected chi connectivity index (χ2v) is 6.09. The first-order chi connectivity index (χ1) is 9.17. The van der Waals surface area contributed by atoms with Crippen LogP contribution < -0.4 is 19.5 Å². The van der Waals surface area contributed by atoms with Crippen molar-refractivity contribution >= 4 is 37.3 Å². The molecule has 19 heavy (non-hydrogen) atoms. The van der Waals surface area contributed by atoms with Crippen molar-refractivity contribution in [3.63, 3.8) is 0 Å². The number of hydrogen-bond donors (Lipinski definition) is 1. The van der Waals surface area contributed by atoms with Gasteiger partial charge in [-0.1, -0.05) is 34.1 Å². The maximum Gasteiger partial charge on any atom is 0.263 e. The van der Waals surface area contributed by atoms with Crippen LogP contribution in [0.4, 0.5) is 5.00 Å². The summed E-state index contributed by atoms with van der Waals surface area (Å²) in [6.45, 7) is 0.507. The zero-order chi connectivity index (χ0) is 13.8. The molecule has 0 fully saturated rings. The summed E-state index contributed by atoms with van der Waals surface area (Å²) in [6, 6.07) is 5.64. The molecule has 1 heterocycles. The molecule has 4 nitrogen and oxygen atoms in total. The fourth-order valence-corrected chi connectivity index (χ4v) is 4.04. The van der Waals surface area contributed by atoms with Gasteiger partial charge < -0.3 is 14.8 Å². The van der Waals surface area contributed by atoms with Crippen LogP contribution in [0, 0.1) is 0 Å². The first kappa shape index (κ1) is 14.2. The first-order valence-electron chi connectivity index (χ1n) is 5.39. The van der Waals surface area contributed by atoms with E-state index >= 15 is 0 Å². The van der Waals surface area contributed by atoms with Gasteiger partial charge in [-0.3, -0.25) is 4.79 Å². The van der Waals surface area contributed by atoms with Gasteiger partial charge in [0.25, 0.3) is 4.74 Å². The van der Waals surface area contributed by atoms with Gasteiger partial charge in [0.15, 0.2) is 11.5 Å². The average molecular weight is 318 g/mol. The van der Waals surface area contributed by atoms with Gasteiger partial charge in [-0.2, -0.15) is 0 Å². The molecule has 1 N–H and O–H groups in total. The molecule has 0 radical (unpaired) electrons. The quantitative estimate of drug-likeness (QED) is 0.858. The van der Waals surface area contributed by atoms with E-state index < -0.39 is 0 Å². The summed E-state index contributed by atoms with van der Waals surface area (Å²) in [4.78, 5) is 11.3.